The van der Waals surface area contributed by atoms with Crippen molar-refractivity contribution < 1.29 is 9.53 Å². The van der Waals surface area contributed by atoms with Gasteiger partial charge in [0.25, 0.3) is 0 Å². The van der Waals surface area contributed by atoms with Gasteiger partial charge in [-0.3, -0.25) is 0 Å². The molecule has 3 fully saturated rings. The van der Waals surface area contributed by atoms with E-state index in [0.717, 1.165) is 30.8 Å². The first-order valence-electron chi connectivity index (χ1n) is 7.13. The number of esters is 1. The first-order valence-corrected chi connectivity index (χ1v) is 7.13. The number of carbonyl (C=O) groups excluding carboxylic acids is 1. The highest BCUT2D eigenvalue weighted by atomic mass is 16.5. The molecule has 17 heavy (non-hydrogen) atoms. The first kappa shape index (κ1) is 11.3. The van der Waals surface area contributed by atoms with Gasteiger partial charge in [-0.25, -0.2) is 4.79 Å². The number of fused-ring (bicyclic) bond motifs is 1. The third kappa shape index (κ3) is 1.92. The Hall–Kier alpha value is -0.790. The first-order chi connectivity index (χ1) is 8.22. The lowest BCUT2D eigenvalue weighted by atomic mass is 9.93. The van der Waals surface area contributed by atoms with E-state index in [1.807, 2.05) is 0 Å². The molecule has 2 atom stereocenters. The third-order valence-electron chi connectivity index (χ3n) is 5.08. The van der Waals surface area contributed by atoms with Gasteiger partial charge in [0.15, 0.2) is 0 Å². The second kappa shape index (κ2) is 4.15. The minimum absolute atomic E-state index is 0.0960. The zero-order valence-corrected chi connectivity index (χ0v) is 10.5. The molecule has 0 aromatic carbocycles. The van der Waals surface area contributed by atoms with Crippen molar-refractivity contribution >= 4 is 5.97 Å². The van der Waals surface area contributed by atoms with Crippen LogP contribution in [-0.2, 0) is 9.53 Å². The van der Waals surface area contributed by atoms with Gasteiger partial charge in [-0.1, -0.05) is 19.4 Å². The molecule has 3 aliphatic carbocycles. The second-order valence-electron chi connectivity index (χ2n) is 6.09. The quantitative estimate of drug-likeness (QED) is 0.551. The Morgan fingerprint density at radius 2 is 1.88 bits per heavy atom. The number of ether oxygens (including phenoxy) is 1. The van der Waals surface area contributed by atoms with E-state index in [4.69, 9.17) is 4.74 Å². The van der Waals surface area contributed by atoms with Gasteiger partial charge in [0.2, 0.25) is 0 Å². The predicted octanol–water partition coefficient (Wildman–Crippen LogP) is 3.61. The molecule has 3 aliphatic rings. The molecular formula is C15H22O2. The topological polar surface area (TPSA) is 26.3 Å². The van der Waals surface area contributed by atoms with E-state index in [2.05, 4.69) is 6.58 Å². The van der Waals surface area contributed by atoms with Crippen molar-refractivity contribution in [3.63, 3.8) is 0 Å². The maximum atomic E-state index is 12.1. The molecule has 2 heteroatoms. The van der Waals surface area contributed by atoms with Crippen LogP contribution in [-0.4, -0.2) is 12.1 Å². The monoisotopic (exact) mass is 234 g/mol. The fourth-order valence-electron chi connectivity index (χ4n) is 3.86. The molecule has 0 radical (unpaired) electrons. The van der Waals surface area contributed by atoms with Crippen LogP contribution in [0.25, 0.3) is 0 Å². The lowest BCUT2D eigenvalue weighted by molar-refractivity contribution is -0.146. The summed E-state index contributed by atoms with van der Waals surface area (Å²) in [7, 11) is 0. The maximum absolute atomic E-state index is 12.1. The summed E-state index contributed by atoms with van der Waals surface area (Å²) in [5.74, 6) is 0.648. The number of hydrogen-bond acceptors (Lipinski definition) is 2. The molecule has 2 unspecified atom stereocenters. The molecule has 0 bridgehead atoms. The lowest BCUT2D eigenvalue weighted by Crippen LogP contribution is -2.24. The van der Waals surface area contributed by atoms with Gasteiger partial charge >= 0.3 is 5.97 Å². The van der Waals surface area contributed by atoms with Crippen LogP contribution in [0.4, 0.5) is 0 Å². The van der Waals surface area contributed by atoms with Crippen molar-refractivity contribution in [2.75, 3.05) is 0 Å². The summed E-state index contributed by atoms with van der Waals surface area (Å²) >= 11 is 0. The summed E-state index contributed by atoms with van der Waals surface area (Å²) < 4.78 is 5.62. The van der Waals surface area contributed by atoms with Gasteiger partial charge < -0.3 is 4.74 Å². The Bertz CT molecular complexity index is 341. The molecule has 94 valence electrons. The smallest absolute Gasteiger partial charge is 0.334 e. The van der Waals surface area contributed by atoms with E-state index in [0.29, 0.717) is 0 Å². The van der Waals surface area contributed by atoms with Crippen LogP contribution in [0.1, 0.15) is 57.8 Å². The van der Waals surface area contributed by atoms with Gasteiger partial charge in [0.1, 0.15) is 6.10 Å². The second-order valence-corrected chi connectivity index (χ2v) is 6.09. The van der Waals surface area contributed by atoms with Crippen molar-refractivity contribution in [3.05, 3.63) is 12.2 Å². The van der Waals surface area contributed by atoms with Crippen LogP contribution in [0.3, 0.4) is 0 Å². The maximum Gasteiger partial charge on any atom is 0.334 e. The van der Waals surface area contributed by atoms with E-state index in [-0.39, 0.29) is 17.5 Å². The highest BCUT2D eigenvalue weighted by Crippen LogP contribution is 2.67. The van der Waals surface area contributed by atoms with E-state index in [9.17, 15) is 4.79 Å². The Kier molecular flexibility index (Phi) is 2.76. The van der Waals surface area contributed by atoms with E-state index < -0.39 is 0 Å². The summed E-state index contributed by atoms with van der Waals surface area (Å²) in [6, 6.07) is 0. The van der Waals surface area contributed by atoms with E-state index in [1.54, 1.807) is 0 Å². The highest BCUT2D eigenvalue weighted by molar-refractivity contribution is 5.90. The molecule has 0 saturated heterocycles. The Labute approximate surface area is 103 Å². The van der Waals surface area contributed by atoms with Crippen LogP contribution >= 0.6 is 0 Å². The van der Waals surface area contributed by atoms with Crippen LogP contribution in [0.5, 0.6) is 0 Å². The van der Waals surface area contributed by atoms with Crippen LogP contribution < -0.4 is 0 Å². The molecule has 0 spiro atoms. The Morgan fingerprint density at radius 3 is 2.47 bits per heavy atom. The largest absolute Gasteiger partial charge is 0.459 e. The summed E-state index contributed by atoms with van der Waals surface area (Å²) in [6.45, 7) is 4.04. The van der Waals surface area contributed by atoms with Gasteiger partial charge in [0, 0.05) is 11.0 Å². The summed E-state index contributed by atoms with van der Waals surface area (Å²) in [4.78, 5) is 12.1. The Balaban J connectivity index is 1.57. The molecular weight excluding hydrogens is 212 g/mol. The fourth-order valence-corrected chi connectivity index (χ4v) is 3.86. The summed E-state index contributed by atoms with van der Waals surface area (Å²) in [5, 5.41) is 0. The average molecular weight is 234 g/mol. The zero-order valence-electron chi connectivity index (χ0n) is 10.5. The van der Waals surface area contributed by atoms with Crippen molar-refractivity contribution in [3.8, 4) is 0 Å². The minimum atomic E-state index is -0.0960. The molecule has 0 amide bonds. The van der Waals surface area contributed by atoms with Crippen LogP contribution in [0.15, 0.2) is 12.2 Å². The molecule has 3 rings (SSSR count). The van der Waals surface area contributed by atoms with E-state index in [1.165, 1.54) is 38.5 Å². The molecule has 0 aliphatic heterocycles. The molecule has 0 aromatic rings. The van der Waals surface area contributed by atoms with Gasteiger partial charge in [-0.2, -0.15) is 0 Å². The molecule has 0 heterocycles. The molecule has 3 saturated carbocycles. The molecule has 0 aromatic heterocycles. The van der Waals surface area contributed by atoms with Gasteiger partial charge in [-0.05, 0) is 50.9 Å². The van der Waals surface area contributed by atoms with Gasteiger partial charge in [0.05, 0.1) is 0 Å². The predicted molar refractivity (Wildman–Crippen MR) is 66.5 cm³/mol. The molecule has 2 nitrogen and oxygen atoms in total. The van der Waals surface area contributed by atoms with Gasteiger partial charge in [-0.15, -0.1) is 0 Å². The average Bonchev–Trinajstić information content (AvgIpc) is 2.92. The minimum Gasteiger partial charge on any atom is -0.459 e. The van der Waals surface area contributed by atoms with Crippen molar-refractivity contribution in [1.82, 2.24) is 0 Å². The summed E-state index contributed by atoms with van der Waals surface area (Å²) in [5.41, 5.74) is 0.955. The third-order valence-corrected chi connectivity index (χ3v) is 5.08. The van der Waals surface area contributed by atoms with Crippen LogP contribution in [0.2, 0.25) is 0 Å². The molecule has 0 N–H and O–H groups in total. The van der Waals surface area contributed by atoms with Crippen molar-refractivity contribution in [2.45, 2.75) is 63.9 Å². The van der Waals surface area contributed by atoms with Crippen molar-refractivity contribution in [1.29, 1.82) is 0 Å². The summed E-state index contributed by atoms with van der Waals surface area (Å²) in [6.07, 6.45) is 10.9. The standard InChI is InChI=1S/C15H22O2/c1-11(15-9-5-6-12(15)10-15)14(16)17-13-7-3-2-4-8-13/h12-13H,1-10H2. The normalized spacial score (nSPS) is 36.4. The number of rotatable bonds is 3. The lowest BCUT2D eigenvalue weighted by Gasteiger charge is -2.24. The number of hydrogen-bond donors (Lipinski definition) is 0. The SMILES string of the molecule is C=C(C(=O)OC1CCCCC1)C12CCCC1C2. The van der Waals surface area contributed by atoms with Crippen LogP contribution in [0, 0.1) is 11.3 Å². The van der Waals surface area contributed by atoms with Crippen molar-refractivity contribution in [2.24, 2.45) is 11.3 Å². The highest BCUT2D eigenvalue weighted by Gasteiger charge is 2.60. The Morgan fingerprint density at radius 1 is 1.12 bits per heavy atom. The fraction of sp³-hybridized carbons (Fsp3) is 0.800. The number of carbonyl (C=O) groups is 1. The zero-order chi connectivity index (χ0) is 11.9. The van der Waals surface area contributed by atoms with E-state index >= 15 is 0 Å².